The van der Waals surface area contributed by atoms with Gasteiger partial charge in [0.25, 0.3) is 5.91 Å². The summed E-state index contributed by atoms with van der Waals surface area (Å²) in [7, 11) is 0. The first-order chi connectivity index (χ1) is 12.4. The molecule has 1 aromatic carbocycles. The number of aromatic nitrogens is 1. The van der Waals surface area contributed by atoms with Crippen LogP contribution in [0.2, 0.25) is 0 Å². The van der Waals surface area contributed by atoms with Gasteiger partial charge in [0.15, 0.2) is 6.61 Å². The van der Waals surface area contributed by atoms with E-state index in [0.29, 0.717) is 35.4 Å². The molecule has 2 N–H and O–H groups in total. The van der Waals surface area contributed by atoms with Crippen molar-refractivity contribution in [1.82, 2.24) is 10.5 Å². The molecule has 2 rings (SSSR count). The number of carbonyl (C=O) groups excluding carboxylic acids is 1. The fourth-order valence-electron chi connectivity index (χ4n) is 2.85. The van der Waals surface area contributed by atoms with Crippen molar-refractivity contribution in [3.8, 4) is 5.75 Å². The highest BCUT2D eigenvalue weighted by atomic mass is 16.5. The van der Waals surface area contributed by atoms with Gasteiger partial charge in [0, 0.05) is 24.1 Å². The van der Waals surface area contributed by atoms with Crippen LogP contribution in [0.15, 0.2) is 16.7 Å². The number of ether oxygens (including phenoxy) is 1. The minimum atomic E-state index is -1.04. The summed E-state index contributed by atoms with van der Waals surface area (Å²) in [6.45, 7) is 7.47. The van der Waals surface area contributed by atoms with Crippen molar-refractivity contribution in [3.05, 3.63) is 45.8 Å². The Morgan fingerprint density at radius 3 is 2.38 bits per heavy atom. The van der Waals surface area contributed by atoms with Gasteiger partial charge in [-0.05, 0) is 43.5 Å². The lowest BCUT2D eigenvalue weighted by molar-refractivity contribution is -0.139. The lowest BCUT2D eigenvalue weighted by Gasteiger charge is -2.13. The summed E-state index contributed by atoms with van der Waals surface area (Å²) in [5.41, 5.74) is 3.70. The maximum atomic E-state index is 12.5. The number of benzene rings is 1. The second kappa shape index (κ2) is 8.51. The van der Waals surface area contributed by atoms with E-state index >= 15 is 0 Å². The van der Waals surface area contributed by atoms with Crippen molar-refractivity contribution in [2.24, 2.45) is 0 Å². The number of carboxylic acids is 1. The van der Waals surface area contributed by atoms with Gasteiger partial charge in [-0.25, -0.2) is 4.79 Å². The summed E-state index contributed by atoms with van der Waals surface area (Å²) >= 11 is 0. The van der Waals surface area contributed by atoms with E-state index in [0.717, 1.165) is 23.4 Å². The molecule has 1 amide bonds. The molecule has 2 aromatic rings. The third kappa shape index (κ3) is 4.41. The highest BCUT2D eigenvalue weighted by Crippen LogP contribution is 2.25. The maximum Gasteiger partial charge on any atom is 0.341 e. The van der Waals surface area contributed by atoms with Gasteiger partial charge in [0.1, 0.15) is 11.5 Å². The molecule has 0 atom stereocenters. The molecule has 0 fully saturated rings. The number of nitrogens with one attached hydrogen (secondary N) is 1. The SMILES string of the molecule is CCc1noc(CC)c1CNC(=O)c1cc(C)c(OCC(=O)O)c(C)c1. The van der Waals surface area contributed by atoms with Crippen molar-refractivity contribution in [1.29, 1.82) is 0 Å². The Bertz CT molecular complexity index is 766. The van der Waals surface area contributed by atoms with Crippen LogP contribution >= 0.6 is 0 Å². The van der Waals surface area contributed by atoms with Crippen molar-refractivity contribution in [3.63, 3.8) is 0 Å². The molecule has 1 heterocycles. The third-order valence-electron chi connectivity index (χ3n) is 4.10. The van der Waals surface area contributed by atoms with Crippen LogP contribution in [0.5, 0.6) is 5.75 Å². The molecule has 0 spiro atoms. The van der Waals surface area contributed by atoms with E-state index in [9.17, 15) is 9.59 Å². The fourth-order valence-corrected chi connectivity index (χ4v) is 2.85. The second-order valence-corrected chi connectivity index (χ2v) is 6.04. The number of rotatable bonds is 8. The first-order valence-electron chi connectivity index (χ1n) is 8.57. The van der Waals surface area contributed by atoms with Crippen LogP contribution in [0.1, 0.15) is 52.3 Å². The molecule has 0 saturated heterocycles. The van der Waals surface area contributed by atoms with E-state index in [1.807, 2.05) is 13.8 Å². The van der Waals surface area contributed by atoms with Crippen LogP contribution in [-0.4, -0.2) is 28.7 Å². The molecule has 140 valence electrons. The monoisotopic (exact) mass is 360 g/mol. The molecule has 7 nitrogen and oxygen atoms in total. The molecule has 1 aromatic heterocycles. The van der Waals surface area contributed by atoms with Crippen LogP contribution in [0.3, 0.4) is 0 Å². The molecule has 0 radical (unpaired) electrons. The molecule has 0 aliphatic carbocycles. The largest absolute Gasteiger partial charge is 0.481 e. The zero-order valence-electron chi connectivity index (χ0n) is 15.5. The molecule has 0 saturated carbocycles. The summed E-state index contributed by atoms with van der Waals surface area (Å²) in [4.78, 5) is 23.2. The minimum absolute atomic E-state index is 0.216. The Balaban J connectivity index is 2.13. The zero-order chi connectivity index (χ0) is 19.3. The molecule has 0 unspecified atom stereocenters. The van der Waals surface area contributed by atoms with Crippen LogP contribution < -0.4 is 10.1 Å². The standard InChI is InChI=1S/C19H24N2O5/c1-5-15-14(16(6-2)26-21-15)9-20-19(24)13-7-11(3)18(12(4)8-13)25-10-17(22)23/h7-8H,5-6,9-10H2,1-4H3,(H,20,24)(H,22,23). The van der Waals surface area contributed by atoms with Gasteiger partial charge in [0.05, 0.1) is 5.69 Å². The number of carboxylic acid groups (broad SMARTS) is 1. The zero-order valence-corrected chi connectivity index (χ0v) is 15.5. The first-order valence-corrected chi connectivity index (χ1v) is 8.57. The van der Waals surface area contributed by atoms with Gasteiger partial charge in [-0.2, -0.15) is 0 Å². The number of carbonyl (C=O) groups is 2. The Morgan fingerprint density at radius 1 is 1.19 bits per heavy atom. The van der Waals surface area contributed by atoms with Crippen molar-refractivity contribution >= 4 is 11.9 Å². The van der Waals surface area contributed by atoms with Gasteiger partial charge in [-0.1, -0.05) is 19.0 Å². The quantitative estimate of drug-likeness (QED) is 0.750. The van der Waals surface area contributed by atoms with E-state index in [1.165, 1.54) is 0 Å². The fraction of sp³-hybridized carbons (Fsp3) is 0.421. The maximum absolute atomic E-state index is 12.5. The molecular formula is C19H24N2O5. The Hall–Kier alpha value is -2.83. The minimum Gasteiger partial charge on any atom is -0.481 e. The van der Waals surface area contributed by atoms with Gasteiger partial charge in [-0.3, -0.25) is 4.79 Å². The molecule has 0 bridgehead atoms. The second-order valence-electron chi connectivity index (χ2n) is 6.04. The first kappa shape index (κ1) is 19.5. The molecule has 0 aliphatic rings. The Morgan fingerprint density at radius 2 is 1.85 bits per heavy atom. The Labute approximate surface area is 152 Å². The number of aliphatic carboxylic acids is 1. The van der Waals surface area contributed by atoms with Crippen LogP contribution in [0, 0.1) is 13.8 Å². The van der Waals surface area contributed by atoms with Gasteiger partial charge < -0.3 is 19.7 Å². The van der Waals surface area contributed by atoms with E-state index in [2.05, 4.69) is 10.5 Å². The number of nitrogens with zero attached hydrogens (tertiary/aromatic N) is 1. The number of amides is 1. The van der Waals surface area contributed by atoms with Gasteiger partial charge >= 0.3 is 5.97 Å². The summed E-state index contributed by atoms with van der Waals surface area (Å²) < 4.78 is 10.6. The summed E-state index contributed by atoms with van der Waals surface area (Å²) in [6.07, 6.45) is 1.45. The number of aryl methyl sites for hydroxylation is 4. The lowest BCUT2D eigenvalue weighted by atomic mass is 10.0. The van der Waals surface area contributed by atoms with Gasteiger partial charge in [0.2, 0.25) is 0 Å². The van der Waals surface area contributed by atoms with Crippen molar-refractivity contribution in [2.75, 3.05) is 6.61 Å². The van der Waals surface area contributed by atoms with Crippen molar-refractivity contribution in [2.45, 2.75) is 47.1 Å². The normalized spacial score (nSPS) is 10.6. The highest BCUT2D eigenvalue weighted by Gasteiger charge is 2.16. The van der Waals surface area contributed by atoms with Crippen LogP contribution in [-0.2, 0) is 24.2 Å². The molecule has 26 heavy (non-hydrogen) atoms. The van der Waals surface area contributed by atoms with E-state index < -0.39 is 12.6 Å². The highest BCUT2D eigenvalue weighted by molar-refractivity contribution is 5.94. The number of hydrogen-bond donors (Lipinski definition) is 2. The van der Waals surface area contributed by atoms with Gasteiger partial charge in [-0.15, -0.1) is 0 Å². The molecule has 7 heteroatoms. The summed E-state index contributed by atoms with van der Waals surface area (Å²) in [5, 5.41) is 15.7. The summed E-state index contributed by atoms with van der Waals surface area (Å²) in [6, 6.07) is 3.38. The predicted octanol–water partition coefficient (Wildman–Crippen LogP) is 2.81. The van der Waals surface area contributed by atoms with Crippen molar-refractivity contribution < 1.29 is 24.0 Å². The van der Waals surface area contributed by atoms with E-state index in [4.69, 9.17) is 14.4 Å². The Kier molecular flexibility index (Phi) is 6.38. The molecule has 0 aliphatic heterocycles. The third-order valence-corrected chi connectivity index (χ3v) is 4.10. The van der Waals surface area contributed by atoms with Crippen LogP contribution in [0.4, 0.5) is 0 Å². The summed E-state index contributed by atoms with van der Waals surface area (Å²) in [5.74, 6) is 0.0144. The average Bonchev–Trinajstić information content (AvgIpc) is 3.00. The lowest BCUT2D eigenvalue weighted by Crippen LogP contribution is -2.24. The topological polar surface area (TPSA) is 102 Å². The molecular weight excluding hydrogens is 336 g/mol. The van der Waals surface area contributed by atoms with Crippen LogP contribution in [0.25, 0.3) is 0 Å². The van der Waals surface area contributed by atoms with E-state index in [1.54, 1.807) is 26.0 Å². The van der Waals surface area contributed by atoms with E-state index in [-0.39, 0.29) is 5.91 Å². The number of hydrogen-bond acceptors (Lipinski definition) is 5. The smallest absolute Gasteiger partial charge is 0.341 e. The average molecular weight is 360 g/mol. The predicted molar refractivity (Wildman–Crippen MR) is 95.5 cm³/mol.